The Hall–Kier alpha value is -2.09. The molecule has 0 aromatic carbocycles. The number of fused-ring (bicyclic) bond motifs is 1. The van der Waals surface area contributed by atoms with Crippen LogP contribution in [-0.4, -0.2) is 77.0 Å². The van der Waals surface area contributed by atoms with E-state index in [4.69, 9.17) is 4.74 Å². The van der Waals surface area contributed by atoms with Gasteiger partial charge in [-0.3, -0.25) is 9.48 Å². The SMILES string of the molecule is CN1CC2(CCCNCCn3nccc3C1=O)CCN(C(=O)OC(C)(C)C)CC2. The van der Waals surface area contributed by atoms with Gasteiger partial charge in [-0.2, -0.15) is 5.10 Å². The number of rotatable bonds is 0. The quantitative estimate of drug-likeness (QED) is 0.717. The predicted octanol–water partition coefficient (Wildman–Crippen LogP) is 2.36. The maximum Gasteiger partial charge on any atom is 0.410 e. The van der Waals surface area contributed by atoms with Crippen LogP contribution in [0.5, 0.6) is 0 Å². The Morgan fingerprint density at radius 3 is 2.59 bits per heavy atom. The van der Waals surface area contributed by atoms with Gasteiger partial charge in [0.15, 0.2) is 0 Å². The minimum atomic E-state index is -0.485. The van der Waals surface area contributed by atoms with Crippen LogP contribution in [0.15, 0.2) is 12.3 Å². The smallest absolute Gasteiger partial charge is 0.410 e. The summed E-state index contributed by atoms with van der Waals surface area (Å²) in [6.45, 7) is 10.1. The summed E-state index contributed by atoms with van der Waals surface area (Å²) in [5.74, 6) is 0.0111. The molecular weight excluding hydrogens is 370 g/mol. The van der Waals surface area contributed by atoms with Gasteiger partial charge in [0.1, 0.15) is 11.3 Å². The largest absolute Gasteiger partial charge is 0.444 e. The van der Waals surface area contributed by atoms with E-state index in [9.17, 15) is 9.59 Å². The van der Waals surface area contributed by atoms with E-state index in [0.29, 0.717) is 31.9 Å². The average Bonchev–Trinajstić information content (AvgIpc) is 3.10. The number of carbonyl (C=O) groups is 2. The Labute approximate surface area is 173 Å². The van der Waals surface area contributed by atoms with Crippen molar-refractivity contribution in [1.29, 1.82) is 0 Å². The van der Waals surface area contributed by atoms with Gasteiger partial charge in [-0.15, -0.1) is 0 Å². The summed E-state index contributed by atoms with van der Waals surface area (Å²) in [5.41, 5.74) is 0.172. The van der Waals surface area contributed by atoms with Crippen LogP contribution in [0.2, 0.25) is 0 Å². The number of hydrogen-bond donors (Lipinski definition) is 1. The van der Waals surface area contributed by atoms with Crippen LogP contribution in [0.3, 0.4) is 0 Å². The van der Waals surface area contributed by atoms with E-state index >= 15 is 0 Å². The molecule has 3 heterocycles. The van der Waals surface area contributed by atoms with Gasteiger partial charge in [-0.25, -0.2) is 4.79 Å². The number of hydrogen-bond acceptors (Lipinski definition) is 5. The van der Waals surface area contributed by atoms with Crippen LogP contribution in [0.4, 0.5) is 4.79 Å². The lowest BCUT2D eigenvalue weighted by atomic mass is 9.74. The lowest BCUT2D eigenvalue weighted by Gasteiger charge is -2.44. The molecule has 0 radical (unpaired) electrons. The van der Waals surface area contributed by atoms with Crippen molar-refractivity contribution in [2.45, 2.75) is 58.6 Å². The highest BCUT2D eigenvalue weighted by Gasteiger charge is 2.38. The predicted molar refractivity (Wildman–Crippen MR) is 111 cm³/mol. The Bertz CT molecular complexity index is 716. The molecule has 2 amide bonds. The summed E-state index contributed by atoms with van der Waals surface area (Å²) in [5, 5.41) is 7.77. The summed E-state index contributed by atoms with van der Waals surface area (Å²) < 4.78 is 7.32. The fourth-order valence-corrected chi connectivity index (χ4v) is 4.34. The third kappa shape index (κ3) is 5.50. The van der Waals surface area contributed by atoms with Crippen molar-refractivity contribution in [2.24, 2.45) is 5.41 Å². The van der Waals surface area contributed by atoms with E-state index in [2.05, 4.69) is 10.4 Å². The molecule has 1 N–H and O–H groups in total. The van der Waals surface area contributed by atoms with Gasteiger partial charge in [-0.1, -0.05) is 0 Å². The van der Waals surface area contributed by atoms with Crippen molar-refractivity contribution in [1.82, 2.24) is 24.9 Å². The molecule has 3 rings (SSSR count). The Kier molecular flexibility index (Phi) is 6.51. The molecule has 2 aliphatic heterocycles. The summed E-state index contributed by atoms with van der Waals surface area (Å²) in [4.78, 5) is 29.1. The first kappa shape index (κ1) is 21.6. The summed E-state index contributed by atoms with van der Waals surface area (Å²) >= 11 is 0. The second-order valence-electron chi connectivity index (χ2n) is 9.42. The fourth-order valence-electron chi connectivity index (χ4n) is 4.34. The minimum Gasteiger partial charge on any atom is -0.444 e. The lowest BCUT2D eigenvalue weighted by molar-refractivity contribution is 0.00365. The number of carbonyl (C=O) groups excluding carboxylic acids is 2. The average molecular weight is 406 g/mol. The highest BCUT2D eigenvalue weighted by molar-refractivity contribution is 5.92. The van der Waals surface area contributed by atoms with Crippen LogP contribution in [0.25, 0.3) is 0 Å². The van der Waals surface area contributed by atoms with Crippen LogP contribution < -0.4 is 5.32 Å². The third-order valence-corrected chi connectivity index (χ3v) is 5.89. The number of amides is 2. The van der Waals surface area contributed by atoms with Gasteiger partial charge >= 0.3 is 6.09 Å². The maximum atomic E-state index is 13.0. The van der Waals surface area contributed by atoms with Gasteiger partial charge in [0, 0.05) is 39.4 Å². The summed E-state index contributed by atoms with van der Waals surface area (Å²) in [7, 11) is 1.88. The molecule has 8 nitrogen and oxygen atoms in total. The zero-order chi connectivity index (χ0) is 21.1. The number of nitrogens with one attached hydrogen (secondary N) is 1. The molecule has 0 aliphatic carbocycles. The molecule has 2 aliphatic rings. The molecule has 8 heteroatoms. The van der Waals surface area contributed by atoms with Crippen LogP contribution in [0, 0.1) is 5.41 Å². The first-order chi connectivity index (χ1) is 13.7. The Morgan fingerprint density at radius 1 is 1.17 bits per heavy atom. The molecule has 0 bridgehead atoms. The Balaban J connectivity index is 1.70. The number of likely N-dealkylation sites (tertiary alicyclic amines) is 1. The molecule has 0 saturated carbocycles. The standard InChI is InChI=1S/C21H35N5O3/c1-20(2,3)29-19(28)25-13-8-21(9-14-25)7-5-10-22-12-15-26-17(6-11-23-26)18(27)24(4)16-21/h6,11,22H,5,7-10,12-16H2,1-4H3. The second-order valence-corrected chi connectivity index (χ2v) is 9.42. The molecule has 0 atom stereocenters. The monoisotopic (exact) mass is 405 g/mol. The van der Waals surface area contributed by atoms with E-state index in [0.717, 1.165) is 38.8 Å². The normalized spacial score (nSPS) is 21.3. The van der Waals surface area contributed by atoms with E-state index in [-0.39, 0.29) is 17.4 Å². The molecule has 1 saturated heterocycles. The highest BCUT2D eigenvalue weighted by atomic mass is 16.6. The molecule has 1 spiro atoms. The van der Waals surface area contributed by atoms with E-state index in [1.165, 1.54) is 0 Å². The van der Waals surface area contributed by atoms with Crippen molar-refractivity contribution >= 4 is 12.0 Å². The molecule has 1 aromatic heterocycles. The van der Waals surface area contributed by atoms with E-state index < -0.39 is 5.60 Å². The first-order valence-electron chi connectivity index (χ1n) is 10.7. The number of piperidine rings is 1. The summed E-state index contributed by atoms with van der Waals surface area (Å²) in [6.07, 6.45) is 5.30. The zero-order valence-electron chi connectivity index (χ0n) is 18.2. The van der Waals surface area contributed by atoms with Crippen molar-refractivity contribution < 1.29 is 14.3 Å². The van der Waals surface area contributed by atoms with Gasteiger partial charge < -0.3 is 19.9 Å². The van der Waals surface area contributed by atoms with Crippen molar-refractivity contribution in [3.63, 3.8) is 0 Å². The number of nitrogens with zero attached hydrogens (tertiary/aromatic N) is 4. The summed E-state index contributed by atoms with van der Waals surface area (Å²) in [6, 6.07) is 1.79. The van der Waals surface area contributed by atoms with Crippen LogP contribution in [-0.2, 0) is 11.3 Å². The molecule has 29 heavy (non-hydrogen) atoms. The Morgan fingerprint density at radius 2 is 1.90 bits per heavy atom. The van der Waals surface area contributed by atoms with Gasteiger partial charge in [0.05, 0.1) is 6.54 Å². The van der Waals surface area contributed by atoms with Crippen molar-refractivity contribution in [2.75, 3.05) is 39.8 Å². The van der Waals surface area contributed by atoms with E-state index in [1.54, 1.807) is 16.9 Å². The minimum absolute atomic E-state index is 0.0111. The maximum absolute atomic E-state index is 13.0. The van der Waals surface area contributed by atoms with Gasteiger partial charge in [0.2, 0.25) is 0 Å². The molecule has 0 unspecified atom stereocenters. The van der Waals surface area contributed by atoms with Crippen molar-refractivity contribution in [3.8, 4) is 0 Å². The molecule has 162 valence electrons. The molecule has 1 fully saturated rings. The number of aromatic nitrogens is 2. The number of ether oxygens (including phenoxy) is 1. The van der Waals surface area contributed by atoms with Gasteiger partial charge in [0.25, 0.3) is 5.91 Å². The zero-order valence-corrected chi connectivity index (χ0v) is 18.2. The van der Waals surface area contributed by atoms with Crippen molar-refractivity contribution in [3.05, 3.63) is 18.0 Å². The van der Waals surface area contributed by atoms with Crippen LogP contribution >= 0.6 is 0 Å². The highest BCUT2D eigenvalue weighted by Crippen LogP contribution is 2.37. The lowest BCUT2D eigenvalue weighted by Crippen LogP contribution is -2.49. The first-order valence-corrected chi connectivity index (χ1v) is 10.7. The van der Waals surface area contributed by atoms with Crippen LogP contribution in [0.1, 0.15) is 56.9 Å². The topological polar surface area (TPSA) is 79.7 Å². The molecule has 1 aromatic rings. The fraction of sp³-hybridized carbons (Fsp3) is 0.762. The third-order valence-electron chi connectivity index (χ3n) is 5.89. The molecular formula is C21H35N5O3. The van der Waals surface area contributed by atoms with E-state index in [1.807, 2.05) is 37.6 Å². The van der Waals surface area contributed by atoms with Gasteiger partial charge in [-0.05, 0) is 64.5 Å². The second kappa shape index (κ2) is 8.73.